The number of hydrogen-bond donors (Lipinski definition) is 0. The van der Waals surface area contributed by atoms with Gasteiger partial charge in [0.05, 0.1) is 24.5 Å². The van der Waals surface area contributed by atoms with Crippen LogP contribution in [0.3, 0.4) is 0 Å². The van der Waals surface area contributed by atoms with Gasteiger partial charge in [-0.3, -0.25) is 9.59 Å². The van der Waals surface area contributed by atoms with E-state index in [9.17, 15) is 14.0 Å². The molecule has 1 aliphatic heterocycles. The minimum atomic E-state index is -0.646. The lowest BCUT2D eigenvalue weighted by Crippen LogP contribution is -2.31. The molecule has 27 heavy (non-hydrogen) atoms. The highest BCUT2D eigenvalue weighted by molar-refractivity contribution is 6.60. The number of carbonyl (C=O) groups excluding carboxylic acids is 2. The summed E-state index contributed by atoms with van der Waals surface area (Å²) < 4.78 is 24.2. The summed E-state index contributed by atoms with van der Waals surface area (Å²) in [7, 11) is 0. The number of carbonyl (C=O) groups is 2. The molecule has 0 unspecified atom stereocenters. The van der Waals surface area contributed by atoms with Crippen LogP contribution in [0.1, 0.15) is 19.4 Å². The Bertz CT molecular complexity index is 924. The van der Waals surface area contributed by atoms with Gasteiger partial charge in [-0.15, -0.1) is 0 Å². The maximum atomic E-state index is 13.2. The number of anilines is 1. The van der Waals surface area contributed by atoms with E-state index in [2.05, 4.69) is 0 Å². The minimum Gasteiger partial charge on any atom is -0.490 e. The highest BCUT2D eigenvalue weighted by atomic mass is 35.5. The number of imide groups is 1. The molecule has 0 aliphatic carbocycles. The summed E-state index contributed by atoms with van der Waals surface area (Å²) in [5.74, 6) is -0.739. The van der Waals surface area contributed by atoms with E-state index in [0.717, 1.165) is 4.90 Å². The van der Waals surface area contributed by atoms with Crippen molar-refractivity contribution >= 4 is 34.7 Å². The number of benzene rings is 2. The predicted molar refractivity (Wildman–Crippen MR) is 100 cm³/mol. The molecule has 0 saturated carbocycles. The van der Waals surface area contributed by atoms with E-state index in [1.807, 2.05) is 13.8 Å². The van der Waals surface area contributed by atoms with Gasteiger partial charge in [-0.2, -0.15) is 0 Å². The second kappa shape index (κ2) is 7.80. The Kier molecular flexibility index (Phi) is 5.46. The van der Waals surface area contributed by atoms with Gasteiger partial charge in [-0.1, -0.05) is 23.7 Å². The van der Waals surface area contributed by atoms with Crippen LogP contribution in [0, 0.1) is 5.82 Å². The van der Waals surface area contributed by atoms with Gasteiger partial charge in [0.15, 0.2) is 11.5 Å². The molecule has 0 fully saturated rings. The molecule has 2 amide bonds. The van der Waals surface area contributed by atoms with Crippen molar-refractivity contribution in [2.45, 2.75) is 13.8 Å². The SMILES string of the molecule is CCOc1ccc(N2C(=O)C(Cl)=C(c3ccc(F)cc3)C2=O)cc1OCC. The third-order valence-corrected chi connectivity index (χ3v) is 4.30. The zero-order valence-corrected chi connectivity index (χ0v) is 15.5. The van der Waals surface area contributed by atoms with E-state index in [4.69, 9.17) is 21.1 Å². The first-order valence-electron chi connectivity index (χ1n) is 8.42. The molecule has 0 spiro atoms. The largest absolute Gasteiger partial charge is 0.490 e. The van der Waals surface area contributed by atoms with E-state index < -0.39 is 17.6 Å². The number of hydrogen-bond acceptors (Lipinski definition) is 4. The molecule has 7 heteroatoms. The van der Waals surface area contributed by atoms with Crippen LogP contribution in [0.15, 0.2) is 47.5 Å². The monoisotopic (exact) mass is 389 g/mol. The van der Waals surface area contributed by atoms with Crippen LogP contribution in [-0.4, -0.2) is 25.0 Å². The fourth-order valence-electron chi connectivity index (χ4n) is 2.78. The van der Waals surface area contributed by atoms with Gasteiger partial charge in [-0.25, -0.2) is 9.29 Å². The average molecular weight is 390 g/mol. The Labute approximate surface area is 160 Å². The molecule has 1 heterocycles. The number of ether oxygens (including phenoxy) is 2. The molecule has 5 nitrogen and oxygen atoms in total. The molecule has 0 saturated heterocycles. The van der Waals surface area contributed by atoms with Crippen LogP contribution in [0.25, 0.3) is 5.57 Å². The van der Waals surface area contributed by atoms with Gasteiger partial charge in [-0.05, 0) is 43.7 Å². The predicted octanol–water partition coefficient (Wildman–Crippen LogP) is 4.15. The third kappa shape index (κ3) is 3.53. The van der Waals surface area contributed by atoms with Crippen molar-refractivity contribution < 1.29 is 23.5 Å². The standard InChI is InChI=1S/C20H17ClFNO4/c1-3-26-15-10-9-14(11-16(15)27-4-2)23-19(24)17(18(21)20(23)25)12-5-7-13(22)8-6-12/h5-11H,3-4H2,1-2H3. The number of nitrogens with zero attached hydrogens (tertiary/aromatic N) is 1. The van der Waals surface area contributed by atoms with E-state index in [0.29, 0.717) is 36.0 Å². The van der Waals surface area contributed by atoms with Crippen molar-refractivity contribution in [2.75, 3.05) is 18.1 Å². The highest BCUT2D eigenvalue weighted by Crippen LogP contribution is 2.38. The zero-order valence-electron chi connectivity index (χ0n) is 14.8. The normalized spacial score (nSPS) is 14.1. The van der Waals surface area contributed by atoms with Crippen molar-refractivity contribution in [1.82, 2.24) is 0 Å². The lowest BCUT2D eigenvalue weighted by atomic mass is 10.1. The van der Waals surface area contributed by atoms with Crippen LogP contribution in [0.2, 0.25) is 0 Å². The van der Waals surface area contributed by atoms with E-state index in [-0.39, 0.29) is 10.6 Å². The summed E-state index contributed by atoms with van der Waals surface area (Å²) in [5.41, 5.74) is 0.721. The van der Waals surface area contributed by atoms with Crippen molar-refractivity contribution in [1.29, 1.82) is 0 Å². The van der Waals surface area contributed by atoms with Crippen LogP contribution in [-0.2, 0) is 9.59 Å². The van der Waals surface area contributed by atoms with Gasteiger partial charge in [0.2, 0.25) is 0 Å². The molecule has 0 N–H and O–H groups in total. The summed E-state index contributed by atoms with van der Waals surface area (Å²) in [6.07, 6.45) is 0. The van der Waals surface area contributed by atoms with E-state index in [1.54, 1.807) is 18.2 Å². The molecule has 2 aromatic rings. The van der Waals surface area contributed by atoms with Gasteiger partial charge in [0.25, 0.3) is 11.8 Å². The lowest BCUT2D eigenvalue weighted by Gasteiger charge is -2.18. The fourth-order valence-corrected chi connectivity index (χ4v) is 3.06. The Morgan fingerprint density at radius 2 is 1.56 bits per heavy atom. The van der Waals surface area contributed by atoms with Crippen molar-refractivity contribution in [3.05, 3.63) is 58.9 Å². The first-order chi connectivity index (χ1) is 13.0. The molecular weight excluding hydrogens is 373 g/mol. The zero-order chi connectivity index (χ0) is 19.6. The summed E-state index contributed by atoms with van der Waals surface area (Å²) in [6, 6.07) is 10.0. The summed E-state index contributed by atoms with van der Waals surface area (Å²) in [4.78, 5) is 26.5. The maximum Gasteiger partial charge on any atom is 0.277 e. The van der Waals surface area contributed by atoms with Crippen LogP contribution < -0.4 is 14.4 Å². The van der Waals surface area contributed by atoms with Gasteiger partial charge in [0.1, 0.15) is 10.8 Å². The number of rotatable bonds is 6. The fraction of sp³-hybridized carbons (Fsp3) is 0.200. The third-order valence-electron chi connectivity index (χ3n) is 3.95. The van der Waals surface area contributed by atoms with E-state index in [1.165, 1.54) is 24.3 Å². The summed E-state index contributed by atoms with van der Waals surface area (Å²) in [5, 5.41) is -0.210. The Morgan fingerprint density at radius 3 is 2.19 bits per heavy atom. The smallest absolute Gasteiger partial charge is 0.277 e. The topological polar surface area (TPSA) is 55.8 Å². The molecule has 0 bridgehead atoms. The molecule has 3 rings (SSSR count). The minimum absolute atomic E-state index is 0.0357. The van der Waals surface area contributed by atoms with Crippen LogP contribution in [0.5, 0.6) is 11.5 Å². The molecule has 2 aromatic carbocycles. The molecular formula is C20H17ClFNO4. The van der Waals surface area contributed by atoms with Gasteiger partial charge < -0.3 is 9.47 Å². The first-order valence-corrected chi connectivity index (χ1v) is 8.79. The molecule has 1 aliphatic rings. The van der Waals surface area contributed by atoms with Gasteiger partial charge >= 0.3 is 0 Å². The first kappa shape index (κ1) is 18.9. The van der Waals surface area contributed by atoms with Crippen molar-refractivity contribution in [3.8, 4) is 11.5 Å². The van der Waals surface area contributed by atoms with Crippen LogP contribution in [0.4, 0.5) is 10.1 Å². The second-order valence-electron chi connectivity index (χ2n) is 5.64. The number of amides is 2. The molecule has 0 aromatic heterocycles. The molecule has 140 valence electrons. The van der Waals surface area contributed by atoms with Crippen LogP contribution >= 0.6 is 11.6 Å². The Balaban J connectivity index is 1.99. The van der Waals surface area contributed by atoms with Crippen molar-refractivity contribution in [2.24, 2.45) is 0 Å². The average Bonchev–Trinajstić information content (AvgIpc) is 2.87. The summed E-state index contributed by atoms with van der Waals surface area (Å²) in [6.45, 7) is 4.50. The second-order valence-corrected chi connectivity index (χ2v) is 6.02. The quantitative estimate of drug-likeness (QED) is 0.696. The highest BCUT2D eigenvalue weighted by Gasteiger charge is 2.39. The Morgan fingerprint density at radius 1 is 0.926 bits per heavy atom. The van der Waals surface area contributed by atoms with Crippen molar-refractivity contribution in [3.63, 3.8) is 0 Å². The van der Waals surface area contributed by atoms with E-state index >= 15 is 0 Å². The molecule has 0 radical (unpaired) electrons. The molecule has 0 atom stereocenters. The Hall–Kier alpha value is -2.86. The number of halogens is 2. The summed E-state index contributed by atoms with van der Waals surface area (Å²) >= 11 is 6.14. The maximum absolute atomic E-state index is 13.2. The lowest BCUT2D eigenvalue weighted by molar-refractivity contribution is -0.119. The van der Waals surface area contributed by atoms with Gasteiger partial charge in [0, 0.05) is 6.07 Å².